The lowest BCUT2D eigenvalue weighted by Gasteiger charge is -2.15. The topological polar surface area (TPSA) is 37.8 Å². The lowest BCUT2D eigenvalue weighted by molar-refractivity contribution is 0.486. The second kappa shape index (κ2) is 6.88. The molecule has 0 saturated heterocycles. The van der Waals surface area contributed by atoms with E-state index in [-0.39, 0.29) is 5.69 Å². The van der Waals surface area contributed by atoms with Crippen LogP contribution in [0.4, 0.5) is 20.2 Å². The second-order valence-corrected chi connectivity index (χ2v) is 5.82. The van der Waals surface area contributed by atoms with Crippen LogP contribution >= 0.6 is 0 Å². The van der Waals surface area contributed by atoms with Crippen molar-refractivity contribution in [3.63, 3.8) is 0 Å². The van der Waals surface area contributed by atoms with Gasteiger partial charge in [-0.05, 0) is 23.8 Å². The molecule has 3 nitrogen and oxygen atoms in total. The third-order valence-corrected chi connectivity index (χ3v) is 4.20. The first kappa shape index (κ1) is 16.1. The van der Waals surface area contributed by atoms with E-state index in [4.69, 9.17) is 0 Å². The van der Waals surface area contributed by atoms with E-state index in [0.29, 0.717) is 33.4 Å². The van der Waals surface area contributed by atoms with E-state index in [2.05, 4.69) is 15.3 Å². The molecule has 0 aliphatic rings. The molecular formula is C21H15F2N3. The van der Waals surface area contributed by atoms with Crippen molar-refractivity contribution in [3.05, 3.63) is 84.4 Å². The van der Waals surface area contributed by atoms with E-state index in [1.165, 1.54) is 0 Å². The number of rotatable bonds is 4. The fourth-order valence-electron chi connectivity index (χ4n) is 2.94. The summed E-state index contributed by atoms with van der Waals surface area (Å²) in [6.07, 6.45) is 3.26. The summed E-state index contributed by atoms with van der Waals surface area (Å²) in [6, 6.07) is 17.6. The number of para-hydroxylation sites is 1. The molecule has 4 rings (SSSR count). The fourth-order valence-corrected chi connectivity index (χ4v) is 2.94. The molecule has 2 aromatic carbocycles. The van der Waals surface area contributed by atoms with Gasteiger partial charge in [-0.15, -0.1) is 0 Å². The molecule has 2 heterocycles. The van der Waals surface area contributed by atoms with Crippen LogP contribution in [-0.2, 0) is 6.67 Å². The van der Waals surface area contributed by atoms with Crippen LogP contribution in [0.25, 0.3) is 22.2 Å². The highest BCUT2D eigenvalue weighted by Crippen LogP contribution is 2.35. The van der Waals surface area contributed by atoms with Crippen LogP contribution in [0, 0.1) is 5.82 Å². The monoisotopic (exact) mass is 347 g/mol. The highest BCUT2D eigenvalue weighted by Gasteiger charge is 2.18. The maximum absolute atomic E-state index is 15.4. The molecule has 5 heteroatoms. The Morgan fingerprint density at radius 3 is 2.42 bits per heavy atom. The number of aromatic nitrogens is 2. The van der Waals surface area contributed by atoms with E-state index in [9.17, 15) is 4.39 Å². The fraction of sp³-hybridized carbons (Fsp3) is 0.0476. The van der Waals surface area contributed by atoms with E-state index in [0.717, 1.165) is 0 Å². The molecule has 1 N–H and O–H groups in total. The Kier molecular flexibility index (Phi) is 4.27. The summed E-state index contributed by atoms with van der Waals surface area (Å²) in [4.78, 5) is 8.43. The summed E-state index contributed by atoms with van der Waals surface area (Å²) >= 11 is 0. The molecular weight excluding hydrogens is 332 g/mol. The summed E-state index contributed by atoms with van der Waals surface area (Å²) < 4.78 is 28.8. The average molecular weight is 347 g/mol. The molecule has 0 aliphatic heterocycles. The normalized spacial score (nSPS) is 10.8. The van der Waals surface area contributed by atoms with E-state index in [1.54, 1.807) is 54.9 Å². The molecule has 0 bridgehead atoms. The van der Waals surface area contributed by atoms with Crippen LogP contribution in [0.3, 0.4) is 0 Å². The van der Waals surface area contributed by atoms with Gasteiger partial charge in [-0.3, -0.25) is 4.98 Å². The van der Waals surface area contributed by atoms with Crippen LogP contribution in [0.15, 0.2) is 73.1 Å². The maximum atomic E-state index is 15.4. The van der Waals surface area contributed by atoms with Crippen molar-refractivity contribution in [3.8, 4) is 11.3 Å². The number of nitrogens with one attached hydrogen (secondary N) is 1. The predicted molar refractivity (Wildman–Crippen MR) is 99.5 cm³/mol. The summed E-state index contributed by atoms with van der Waals surface area (Å²) in [5.41, 5.74) is 2.65. The zero-order valence-electron chi connectivity index (χ0n) is 13.8. The van der Waals surface area contributed by atoms with Gasteiger partial charge in [-0.25, -0.2) is 13.8 Å². The van der Waals surface area contributed by atoms with Gasteiger partial charge in [0.2, 0.25) is 0 Å². The predicted octanol–water partition coefficient (Wildman–Crippen LogP) is 5.65. The van der Waals surface area contributed by atoms with E-state index in [1.807, 2.05) is 18.2 Å². The Labute approximate surface area is 149 Å². The molecule has 0 fully saturated rings. The standard InChI is InChI=1S/C21H15F2N3/c22-13-14-5-1-2-6-16(14)20-19(23)21(25-15-9-11-24-12-10-15)17-7-3-4-8-18(17)26-20/h1-12H,13H2,(H,24,25,26). The van der Waals surface area contributed by atoms with Gasteiger partial charge in [0.05, 0.1) is 11.2 Å². The lowest BCUT2D eigenvalue weighted by Crippen LogP contribution is -2.01. The number of alkyl halides is 1. The largest absolute Gasteiger partial charge is 0.352 e. The number of hydrogen-bond acceptors (Lipinski definition) is 3. The van der Waals surface area contributed by atoms with E-state index >= 15 is 4.39 Å². The van der Waals surface area contributed by atoms with Crippen LogP contribution < -0.4 is 5.32 Å². The third-order valence-electron chi connectivity index (χ3n) is 4.20. The SMILES string of the molecule is FCc1ccccc1-c1nc2ccccc2c(Nc2ccncc2)c1F. The summed E-state index contributed by atoms with van der Waals surface area (Å²) in [5.74, 6) is -0.513. The number of nitrogens with zero attached hydrogens (tertiary/aromatic N) is 2. The number of hydrogen-bond donors (Lipinski definition) is 1. The molecule has 0 spiro atoms. The number of benzene rings is 2. The Balaban J connectivity index is 1.97. The molecule has 0 radical (unpaired) electrons. The van der Waals surface area contributed by atoms with Gasteiger partial charge in [-0.2, -0.15) is 0 Å². The van der Waals surface area contributed by atoms with Crippen LogP contribution in [0.2, 0.25) is 0 Å². The van der Waals surface area contributed by atoms with Crippen LogP contribution in [-0.4, -0.2) is 9.97 Å². The Bertz CT molecular complexity index is 1070. The summed E-state index contributed by atoms with van der Waals surface area (Å²) in [7, 11) is 0. The quantitative estimate of drug-likeness (QED) is 0.518. The van der Waals surface area contributed by atoms with E-state index < -0.39 is 12.5 Å². The van der Waals surface area contributed by atoms with Crippen molar-refractivity contribution in [2.24, 2.45) is 0 Å². The molecule has 0 aliphatic carbocycles. The van der Waals surface area contributed by atoms with Gasteiger partial charge in [-0.1, -0.05) is 42.5 Å². The van der Waals surface area contributed by atoms with Crippen molar-refractivity contribution < 1.29 is 8.78 Å². The molecule has 0 atom stereocenters. The second-order valence-electron chi connectivity index (χ2n) is 5.82. The first-order valence-corrected chi connectivity index (χ1v) is 8.17. The van der Waals surface area contributed by atoms with Crippen LogP contribution in [0.1, 0.15) is 5.56 Å². The van der Waals surface area contributed by atoms with Crippen molar-refractivity contribution in [1.82, 2.24) is 9.97 Å². The first-order chi connectivity index (χ1) is 12.8. The van der Waals surface area contributed by atoms with Crippen LogP contribution in [0.5, 0.6) is 0 Å². The van der Waals surface area contributed by atoms with Gasteiger partial charge in [0.1, 0.15) is 12.4 Å². The summed E-state index contributed by atoms with van der Waals surface area (Å²) in [6.45, 7) is -0.683. The van der Waals surface area contributed by atoms with Crippen molar-refractivity contribution in [2.75, 3.05) is 5.32 Å². The maximum Gasteiger partial charge on any atom is 0.173 e. The number of pyridine rings is 2. The van der Waals surface area contributed by atoms with Crippen molar-refractivity contribution in [2.45, 2.75) is 6.67 Å². The van der Waals surface area contributed by atoms with Gasteiger partial charge < -0.3 is 5.32 Å². The number of halogens is 2. The number of anilines is 2. The zero-order chi connectivity index (χ0) is 17.9. The lowest BCUT2D eigenvalue weighted by atomic mass is 10.0. The molecule has 4 aromatic rings. The van der Waals surface area contributed by atoms with Gasteiger partial charge >= 0.3 is 0 Å². The van der Waals surface area contributed by atoms with Crippen molar-refractivity contribution >= 4 is 22.3 Å². The molecule has 0 amide bonds. The third kappa shape index (κ3) is 2.88. The van der Waals surface area contributed by atoms with Gasteiger partial charge in [0.25, 0.3) is 0 Å². The molecule has 0 saturated carbocycles. The molecule has 0 unspecified atom stereocenters. The Morgan fingerprint density at radius 2 is 1.62 bits per heavy atom. The number of fused-ring (bicyclic) bond motifs is 1. The molecule has 26 heavy (non-hydrogen) atoms. The molecule has 2 aromatic heterocycles. The minimum absolute atomic E-state index is 0.133. The first-order valence-electron chi connectivity index (χ1n) is 8.17. The minimum atomic E-state index is -0.683. The highest BCUT2D eigenvalue weighted by molar-refractivity contribution is 5.96. The Morgan fingerprint density at radius 1 is 0.885 bits per heavy atom. The Hall–Kier alpha value is -3.34. The van der Waals surface area contributed by atoms with Gasteiger partial charge in [0, 0.05) is 29.0 Å². The minimum Gasteiger partial charge on any atom is -0.352 e. The average Bonchev–Trinajstić information content (AvgIpc) is 2.70. The molecule has 128 valence electrons. The zero-order valence-corrected chi connectivity index (χ0v) is 13.8. The smallest absolute Gasteiger partial charge is 0.173 e. The highest BCUT2D eigenvalue weighted by atomic mass is 19.1. The summed E-state index contributed by atoms with van der Waals surface area (Å²) in [5, 5.41) is 3.77. The van der Waals surface area contributed by atoms with Gasteiger partial charge in [0.15, 0.2) is 5.82 Å². The van der Waals surface area contributed by atoms with Crippen molar-refractivity contribution in [1.29, 1.82) is 0 Å².